The van der Waals surface area contributed by atoms with Crippen molar-refractivity contribution < 1.29 is 9.59 Å². The van der Waals surface area contributed by atoms with Crippen molar-refractivity contribution in [2.75, 3.05) is 19.6 Å². The topological polar surface area (TPSA) is 61.4 Å². The summed E-state index contributed by atoms with van der Waals surface area (Å²) < 4.78 is 0.734. The average molecular weight is 330 g/mol. The van der Waals surface area contributed by atoms with Crippen LogP contribution in [0.15, 0.2) is 12.1 Å². The zero-order valence-corrected chi connectivity index (χ0v) is 13.6. The molecule has 2 heterocycles. The van der Waals surface area contributed by atoms with E-state index in [-0.39, 0.29) is 11.9 Å². The lowest BCUT2D eigenvalue weighted by molar-refractivity contribution is -0.119. The van der Waals surface area contributed by atoms with Gasteiger partial charge in [0.05, 0.1) is 10.9 Å². The largest absolute Gasteiger partial charge is 0.356 e. The quantitative estimate of drug-likeness (QED) is 0.891. The number of hydrogen-bond donors (Lipinski definition) is 2. The minimum absolute atomic E-state index is 0.00443. The molecular weight excluding hydrogens is 310 g/mol. The molecule has 0 spiro atoms. The van der Waals surface area contributed by atoms with E-state index in [9.17, 15) is 9.59 Å². The van der Waals surface area contributed by atoms with Crippen molar-refractivity contribution in [3.8, 4) is 0 Å². The number of nitrogens with one attached hydrogen (secondary N) is 2. The minimum atomic E-state index is -0.0301. The summed E-state index contributed by atoms with van der Waals surface area (Å²) in [7, 11) is 0. The van der Waals surface area contributed by atoms with Crippen LogP contribution in [0, 0.1) is 5.92 Å². The Labute approximate surface area is 133 Å². The highest BCUT2D eigenvalue weighted by molar-refractivity contribution is 7.16. The SMILES string of the molecule is CC(=O)NCC1CCN(C(=O)NCc2ccc(Cl)s2)CC1. The van der Waals surface area contributed by atoms with Gasteiger partial charge in [0, 0.05) is 31.4 Å². The summed E-state index contributed by atoms with van der Waals surface area (Å²) in [6.45, 7) is 4.22. The maximum absolute atomic E-state index is 12.1. The summed E-state index contributed by atoms with van der Waals surface area (Å²) in [6.07, 6.45) is 1.86. The van der Waals surface area contributed by atoms with Gasteiger partial charge in [-0.2, -0.15) is 0 Å². The molecule has 1 aromatic heterocycles. The molecule has 0 unspecified atom stereocenters. The number of carbonyl (C=O) groups is 2. The van der Waals surface area contributed by atoms with Crippen LogP contribution >= 0.6 is 22.9 Å². The Kier molecular flexibility index (Phi) is 5.87. The van der Waals surface area contributed by atoms with Gasteiger partial charge < -0.3 is 15.5 Å². The molecule has 2 rings (SSSR count). The van der Waals surface area contributed by atoms with Crippen LogP contribution in [0.4, 0.5) is 4.79 Å². The Balaban J connectivity index is 1.69. The first-order valence-corrected chi connectivity index (χ1v) is 8.25. The van der Waals surface area contributed by atoms with Gasteiger partial charge in [-0.1, -0.05) is 11.6 Å². The lowest BCUT2D eigenvalue weighted by Crippen LogP contribution is -2.45. The van der Waals surface area contributed by atoms with Crippen LogP contribution in [-0.4, -0.2) is 36.5 Å². The van der Waals surface area contributed by atoms with Gasteiger partial charge in [0.1, 0.15) is 0 Å². The highest BCUT2D eigenvalue weighted by Gasteiger charge is 2.22. The van der Waals surface area contributed by atoms with Gasteiger partial charge in [-0.15, -0.1) is 11.3 Å². The van der Waals surface area contributed by atoms with Crippen molar-refractivity contribution in [2.45, 2.75) is 26.3 Å². The molecule has 21 heavy (non-hydrogen) atoms. The Morgan fingerprint density at radius 3 is 2.62 bits per heavy atom. The van der Waals surface area contributed by atoms with E-state index in [2.05, 4.69) is 10.6 Å². The highest BCUT2D eigenvalue weighted by atomic mass is 35.5. The fourth-order valence-corrected chi connectivity index (χ4v) is 3.38. The predicted octanol–water partition coefficient (Wildman–Crippen LogP) is 2.46. The maximum Gasteiger partial charge on any atom is 0.317 e. The molecule has 3 amide bonds. The summed E-state index contributed by atoms with van der Waals surface area (Å²) in [5.74, 6) is 0.471. The van der Waals surface area contributed by atoms with Crippen molar-refractivity contribution in [3.05, 3.63) is 21.3 Å². The second-order valence-corrected chi connectivity index (χ2v) is 7.03. The number of rotatable bonds is 4. The first kappa shape index (κ1) is 16.1. The predicted molar refractivity (Wildman–Crippen MR) is 84.5 cm³/mol. The van der Waals surface area contributed by atoms with Gasteiger partial charge in [0.25, 0.3) is 0 Å². The monoisotopic (exact) mass is 329 g/mol. The third kappa shape index (κ3) is 5.21. The molecule has 2 N–H and O–H groups in total. The molecule has 0 bridgehead atoms. The van der Waals surface area contributed by atoms with E-state index in [1.54, 1.807) is 0 Å². The molecule has 0 aliphatic carbocycles. The number of piperidine rings is 1. The number of urea groups is 1. The molecule has 1 aliphatic heterocycles. The summed E-state index contributed by atoms with van der Waals surface area (Å²) in [6, 6.07) is 3.73. The second kappa shape index (κ2) is 7.66. The van der Waals surface area contributed by atoms with E-state index in [1.807, 2.05) is 17.0 Å². The van der Waals surface area contributed by atoms with Gasteiger partial charge in [-0.05, 0) is 30.9 Å². The van der Waals surface area contributed by atoms with E-state index in [4.69, 9.17) is 11.6 Å². The molecule has 116 valence electrons. The van der Waals surface area contributed by atoms with Gasteiger partial charge in [-0.25, -0.2) is 4.79 Å². The zero-order chi connectivity index (χ0) is 15.2. The summed E-state index contributed by atoms with van der Waals surface area (Å²) >= 11 is 7.34. The maximum atomic E-state index is 12.1. The zero-order valence-electron chi connectivity index (χ0n) is 12.0. The average Bonchev–Trinajstić information content (AvgIpc) is 2.89. The van der Waals surface area contributed by atoms with Crippen molar-refractivity contribution in [1.82, 2.24) is 15.5 Å². The van der Waals surface area contributed by atoms with Crippen LogP contribution in [0.1, 0.15) is 24.6 Å². The van der Waals surface area contributed by atoms with E-state index in [1.165, 1.54) is 18.3 Å². The van der Waals surface area contributed by atoms with Crippen LogP contribution in [0.3, 0.4) is 0 Å². The fourth-order valence-electron chi connectivity index (χ4n) is 2.35. The molecule has 0 saturated carbocycles. The van der Waals surface area contributed by atoms with Crippen LogP contribution in [0.5, 0.6) is 0 Å². The number of hydrogen-bond acceptors (Lipinski definition) is 3. The summed E-state index contributed by atoms with van der Waals surface area (Å²) in [5.41, 5.74) is 0. The Bertz CT molecular complexity index is 498. The third-order valence-corrected chi connectivity index (χ3v) is 4.82. The normalized spacial score (nSPS) is 15.8. The van der Waals surface area contributed by atoms with Gasteiger partial charge in [0.15, 0.2) is 0 Å². The number of nitrogens with zero attached hydrogens (tertiary/aromatic N) is 1. The molecule has 0 atom stereocenters. The first-order chi connectivity index (χ1) is 10.0. The standard InChI is InChI=1S/C14H20ClN3O2S/c1-10(19)16-8-11-4-6-18(7-5-11)14(20)17-9-12-2-3-13(15)21-12/h2-3,11H,4-9H2,1H3,(H,16,19)(H,17,20). The number of amides is 3. The van der Waals surface area contributed by atoms with E-state index >= 15 is 0 Å². The molecule has 0 radical (unpaired) electrons. The highest BCUT2D eigenvalue weighted by Crippen LogP contribution is 2.21. The fraction of sp³-hybridized carbons (Fsp3) is 0.571. The Hall–Kier alpha value is -1.27. The van der Waals surface area contributed by atoms with E-state index in [0.717, 1.165) is 35.1 Å². The molecule has 1 saturated heterocycles. The van der Waals surface area contributed by atoms with Crippen molar-refractivity contribution in [2.24, 2.45) is 5.92 Å². The van der Waals surface area contributed by atoms with Crippen LogP contribution in [-0.2, 0) is 11.3 Å². The van der Waals surface area contributed by atoms with E-state index in [0.29, 0.717) is 19.0 Å². The lowest BCUT2D eigenvalue weighted by atomic mass is 9.97. The molecular formula is C14H20ClN3O2S. The molecule has 1 aliphatic rings. The van der Waals surface area contributed by atoms with Crippen LogP contribution in [0.2, 0.25) is 4.34 Å². The summed E-state index contributed by atoms with van der Waals surface area (Å²) in [4.78, 5) is 25.8. The van der Waals surface area contributed by atoms with Gasteiger partial charge in [0.2, 0.25) is 5.91 Å². The molecule has 1 fully saturated rings. The lowest BCUT2D eigenvalue weighted by Gasteiger charge is -2.32. The smallest absolute Gasteiger partial charge is 0.317 e. The van der Waals surface area contributed by atoms with Crippen molar-refractivity contribution in [1.29, 1.82) is 0 Å². The molecule has 5 nitrogen and oxygen atoms in total. The second-order valence-electron chi connectivity index (χ2n) is 5.23. The number of carbonyl (C=O) groups excluding carboxylic acids is 2. The number of halogens is 1. The molecule has 7 heteroatoms. The Morgan fingerprint density at radius 2 is 2.05 bits per heavy atom. The van der Waals surface area contributed by atoms with Crippen molar-refractivity contribution >= 4 is 34.9 Å². The number of thiophene rings is 1. The van der Waals surface area contributed by atoms with Crippen LogP contribution in [0.25, 0.3) is 0 Å². The minimum Gasteiger partial charge on any atom is -0.356 e. The third-order valence-electron chi connectivity index (χ3n) is 3.58. The summed E-state index contributed by atoms with van der Waals surface area (Å²) in [5, 5.41) is 5.76. The van der Waals surface area contributed by atoms with Gasteiger partial charge in [-0.3, -0.25) is 4.79 Å². The Morgan fingerprint density at radius 1 is 1.33 bits per heavy atom. The van der Waals surface area contributed by atoms with Gasteiger partial charge >= 0.3 is 6.03 Å². The molecule has 0 aromatic carbocycles. The first-order valence-electron chi connectivity index (χ1n) is 7.06. The van der Waals surface area contributed by atoms with Crippen molar-refractivity contribution in [3.63, 3.8) is 0 Å². The number of likely N-dealkylation sites (tertiary alicyclic amines) is 1. The van der Waals surface area contributed by atoms with Crippen LogP contribution < -0.4 is 10.6 Å². The van der Waals surface area contributed by atoms with E-state index < -0.39 is 0 Å². The molecule has 1 aromatic rings.